The van der Waals surface area contributed by atoms with Crippen molar-refractivity contribution < 1.29 is 29.3 Å². The Hall–Kier alpha value is -4.03. The zero-order valence-electron chi connectivity index (χ0n) is 33.3. The summed E-state index contributed by atoms with van der Waals surface area (Å²) in [5, 5.41) is 28.5. The number of aromatic nitrogens is 3. The molecule has 8 bridgehead atoms. The van der Waals surface area contributed by atoms with Crippen molar-refractivity contribution in [1.82, 2.24) is 15.0 Å². The van der Waals surface area contributed by atoms with Gasteiger partial charge in [-0.25, -0.2) is 0 Å². The molecule has 4 atom stereocenters. The molecule has 6 rings (SSSR count). The molecular formula is C44H52MgN4O6-2. The van der Waals surface area contributed by atoms with Gasteiger partial charge in [-0.15, -0.1) is 33.5 Å². The molecule has 3 aromatic rings. The predicted molar refractivity (Wildman–Crippen MR) is 216 cm³/mol. The summed E-state index contributed by atoms with van der Waals surface area (Å²) in [4.78, 5) is 41.9. The van der Waals surface area contributed by atoms with E-state index in [4.69, 9.17) is 29.7 Å². The van der Waals surface area contributed by atoms with E-state index < -0.39 is 18.0 Å². The molecule has 0 aromatic carbocycles. The van der Waals surface area contributed by atoms with Gasteiger partial charge in [-0.05, 0) is 81.1 Å². The molecule has 0 spiro atoms. The molecule has 1 fully saturated rings. The monoisotopic (exact) mass is 756 g/mol. The van der Waals surface area contributed by atoms with Crippen LogP contribution in [0.2, 0.25) is 0 Å². The van der Waals surface area contributed by atoms with Crippen molar-refractivity contribution in [1.29, 1.82) is 0 Å². The summed E-state index contributed by atoms with van der Waals surface area (Å²) < 4.78 is 10.9. The van der Waals surface area contributed by atoms with E-state index in [-0.39, 0.29) is 60.5 Å². The molecule has 2 aliphatic heterocycles. The average Bonchev–Trinajstić information content (AvgIpc) is 3.90. The van der Waals surface area contributed by atoms with Gasteiger partial charge in [0.25, 0.3) is 0 Å². The largest absolute Gasteiger partial charge is 2.00 e. The fourth-order valence-corrected chi connectivity index (χ4v) is 8.28. The Morgan fingerprint density at radius 2 is 1.67 bits per heavy atom. The minimum absolute atomic E-state index is 0. The Kier molecular flexibility index (Phi) is 13.7. The van der Waals surface area contributed by atoms with Crippen LogP contribution in [0.1, 0.15) is 122 Å². The number of unbranched alkanes of at least 4 members (excludes halogenated alkanes) is 2. The quantitative estimate of drug-likeness (QED) is 0.102. The third-order valence-corrected chi connectivity index (χ3v) is 11.5. The Morgan fingerprint density at radius 1 is 0.945 bits per heavy atom. The first kappa shape index (κ1) is 42.1. The molecule has 3 aromatic heterocycles. The molecule has 10 nitrogen and oxygen atoms in total. The first-order valence-corrected chi connectivity index (χ1v) is 19.2. The van der Waals surface area contributed by atoms with Gasteiger partial charge in [-0.2, -0.15) is 11.4 Å². The second kappa shape index (κ2) is 17.8. The SMILES string of the molecule is C=Cc1c2[n-]c(c1C)/C=C1\[N-]/C(=C3\c4[n-]c(c(C)c4C(O)[C@@H]3C(=O)OC)/C=c3\[n-]/c(c(C)c3CC)=C\2)[C@@H](CCC(=O)OC/C=C(\CO)CCCCC)[C@@H]1C.[Mg+2]. The first-order chi connectivity index (χ1) is 26.0. The molecule has 1 unspecified atom stereocenters. The Bertz CT molecular complexity index is 2180. The molecule has 2 N–H and O–H groups in total. The summed E-state index contributed by atoms with van der Waals surface area (Å²) in [5.74, 6) is -2.48. The van der Waals surface area contributed by atoms with Crippen LogP contribution in [0.5, 0.6) is 0 Å². The van der Waals surface area contributed by atoms with Gasteiger partial charge < -0.3 is 40.0 Å². The second-order valence-electron chi connectivity index (χ2n) is 14.7. The minimum atomic E-state index is -1.20. The van der Waals surface area contributed by atoms with Crippen LogP contribution < -0.4 is 25.7 Å². The number of nitrogens with zero attached hydrogens (tertiary/aromatic N) is 4. The molecule has 1 aliphatic carbocycles. The molecule has 1 saturated heterocycles. The van der Waals surface area contributed by atoms with Gasteiger partial charge in [0.1, 0.15) is 12.5 Å². The van der Waals surface area contributed by atoms with Crippen LogP contribution >= 0.6 is 0 Å². The number of rotatable bonds is 13. The van der Waals surface area contributed by atoms with Crippen molar-refractivity contribution in [3.63, 3.8) is 0 Å². The van der Waals surface area contributed by atoms with Gasteiger partial charge in [0, 0.05) is 6.42 Å². The number of carbonyl (C=O) groups excluding carboxylic acids is 2. The van der Waals surface area contributed by atoms with Crippen molar-refractivity contribution in [2.24, 2.45) is 17.8 Å². The first-order valence-electron chi connectivity index (χ1n) is 19.2. The van der Waals surface area contributed by atoms with E-state index >= 15 is 0 Å². The topological polar surface area (TPSA) is 149 Å². The number of hydrogen-bond donors (Lipinski definition) is 2. The van der Waals surface area contributed by atoms with Crippen LogP contribution in [0.25, 0.3) is 35.2 Å². The summed E-state index contributed by atoms with van der Waals surface area (Å²) in [6, 6.07) is 0. The summed E-state index contributed by atoms with van der Waals surface area (Å²) in [7, 11) is 1.31. The normalized spacial score (nSPS) is 23.4. The number of aliphatic hydroxyl groups is 2. The second-order valence-corrected chi connectivity index (χ2v) is 14.7. The Labute approximate surface area is 340 Å². The maximum atomic E-state index is 13.5. The maximum Gasteiger partial charge on any atom is 2.00 e. The van der Waals surface area contributed by atoms with Crippen molar-refractivity contribution in [2.75, 3.05) is 20.3 Å². The molecule has 0 amide bonds. The summed E-state index contributed by atoms with van der Waals surface area (Å²) >= 11 is 0. The molecule has 0 radical (unpaired) electrons. The molecule has 3 aliphatic rings. The zero-order valence-corrected chi connectivity index (χ0v) is 34.7. The van der Waals surface area contributed by atoms with Gasteiger partial charge in [0.2, 0.25) is 0 Å². The summed E-state index contributed by atoms with van der Waals surface area (Å²) in [6.45, 7) is 16.4. The van der Waals surface area contributed by atoms with Crippen molar-refractivity contribution >= 4 is 64.9 Å². The van der Waals surface area contributed by atoms with E-state index in [1.165, 1.54) is 7.11 Å². The van der Waals surface area contributed by atoms with E-state index in [2.05, 4.69) is 34.3 Å². The summed E-state index contributed by atoms with van der Waals surface area (Å²) in [5.41, 5.74) is 10.8. The van der Waals surface area contributed by atoms with Crippen molar-refractivity contribution in [3.05, 3.63) is 102 Å². The van der Waals surface area contributed by atoms with Gasteiger partial charge >= 0.3 is 35.0 Å². The van der Waals surface area contributed by atoms with Crippen LogP contribution in [0.4, 0.5) is 0 Å². The maximum absolute atomic E-state index is 13.5. The van der Waals surface area contributed by atoms with Crippen molar-refractivity contribution in [2.45, 2.75) is 92.6 Å². The third-order valence-electron chi connectivity index (χ3n) is 11.5. The predicted octanol–water partition coefficient (Wildman–Crippen LogP) is 5.33. The molecule has 288 valence electrons. The number of aliphatic hydroxyl groups excluding tert-OH is 2. The number of ether oxygens (including phenoxy) is 2. The fourth-order valence-electron chi connectivity index (χ4n) is 8.28. The smallest absolute Gasteiger partial charge is 0.664 e. The van der Waals surface area contributed by atoms with Crippen molar-refractivity contribution in [3.8, 4) is 0 Å². The van der Waals surface area contributed by atoms with E-state index in [0.717, 1.165) is 93.3 Å². The van der Waals surface area contributed by atoms with E-state index in [9.17, 15) is 19.8 Å². The standard InChI is InChI=1S/C44H52N4O6.Mg/c1-9-12-13-14-27(22-49)17-18-54-37(50)16-15-30-25(6)33-19-31-23(4)28(10-2)35(45-31)20-32-24(5)29(11-3)36(46-32)21-34-26(7)38-42(48-34)39(41(30)47-33)40(43(38)51)44(52)53-8;/h10,17,19-21,25,30,40,43,49,51H,2,9,11-16,18,22H2,1,3-8H3;/q-4;+2/b27-17-,32-20-,33-19-,36-21-,41-39-;/t25-,30-,40+,43?;/m0./s1. The van der Waals surface area contributed by atoms with Gasteiger partial charge in [-0.1, -0.05) is 92.3 Å². The van der Waals surface area contributed by atoms with E-state index in [1.807, 2.05) is 38.2 Å². The number of hydrogen-bond acceptors (Lipinski definition) is 6. The van der Waals surface area contributed by atoms with Gasteiger partial charge in [0.05, 0.1) is 19.8 Å². The molecule has 11 heteroatoms. The van der Waals surface area contributed by atoms with E-state index in [1.54, 1.807) is 6.08 Å². The van der Waals surface area contributed by atoms with Crippen LogP contribution in [0, 0.1) is 38.5 Å². The van der Waals surface area contributed by atoms with Gasteiger partial charge in [0.15, 0.2) is 0 Å². The third kappa shape index (κ3) is 7.99. The Balaban J connectivity index is 0.00000580. The number of esters is 2. The number of allylic oxidation sites excluding steroid dienone is 2. The number of fused-ring (bicyclic) bond motifs is 7. The van der Waals surface area contributed by atoms with Crippen LogP contribution in [-0.4, -0.2) is 65.5 Å². The molecular weight excluding hydrogens is 705 g/mol. The minimum Gasteiger partial charge on any atom is -0.664 e. The van der Waals surface area contributed by atoms with Crippen LogP contribution in [0.3, 0.4) is 0 Å². The van der Waals surface area contributed by atoms with Crippen LogP contribution in [-0.2, 0) is 25.5 Å². The number of carbonyl (C=O) groups is 2. The van der Waals surface area contributed by atoms with E-state index in [0.29, 0.717) is 34.6 Å². The molecule has 55 heavy (non-hydrogen) atoms. The Morgan fingerprint density at radius 3 is 2.35 bits per heavy atom. The fraction of sp³-hybridized carbons (Fsp3) is 0.455. The van der Waals surface area contributed by atoms with Crippen LogP contribution in [0.15, 0.2) is 29.6 Å². The molecule has 5 heterocycles. The van der Waals surface area contributed by atoms with Gasteiger partial charge in [-0.3, -0.25) is 9.59 Å². The average molecular weight is 757 g/mol. The zero-order chi connectivity index (χ0) is 38.8. The molecule has 0 saturated carbocycles. The summed E-state index contributed by atoms with van der Waals surface area (Å²) in [6.07, 6.45) is 13.5. The number of methoxy groups -OCH3 is 1.